The third-order valence-corrected chi connectivity index (χ3v) is 3.08. The predicted molar refractivity (Wildman–Crippen MR) is 67.3 cm³/mol. The summed E-state index contributed by atoms with van der Waals surface area (Å²) in [5.41, 5.74) is -0.165. The van der Waals surface area contributed by atoms with Crippen molar-refractivity contribution in [1.82, 2.24) is 10.2 Å². The molecule has 0 aromatic heterocycles. The minimum absolute atomic E-state index is 0.0349. The molecule has 1 atom stereocenters. The molecule has 4 nitrogen and oxygen atoms in total. The summed E-state index contributed by atoms with van der Waals surface area (Å²) in [6, 6.07) is 1.72. The van der Waals surface area contributed by atoms with Gasteiger partial charge in [0.2, 0.25) is 5.91 Å². The van der Waals surface area contributed by atoms with Gasteiger partial charge in [-0.15, -0.1) is 0 Å². The largest absolute Gasteiger partial charge is 0.336 e. The lowest BCUT2D eigenvalue weighted by molar-refractivity contribution is -0.138. The van der Waals surface area contributed by atoms with E-state index in [-0.39, 0.29) is 29.3 Å². The van der Waals surface area contributed by atoms with E-state index in [0.717, 1.165) is 13.1 Å². The molecule has 0 aliphatic carbocycles. The minimum Gasteiger partial charge on any atom is -0.336 e. The van der Waals surface area contributed by atoms with E-state index in [1.54, 1.807) is 0 Å². The molecule has 4 heteroatoms. The number of hydrogen-bond donors (Lipinski definition) is 1. The van der Waals surface area contributed by atoms with Crippen LogP contribution in [0.2, 0.25) is 0 Å². The lowest BCUT2D eigenvalue weighted by atomic mass is 9.91. The average molecular weight is 237 g/mol. The summed E-state index contributed by atoms with van der Waals surface area (Å²) >= 11 is 0. The molecule has 0 aromatic carbocycles. The highest BCUT2D eigenvalue weighted by Gasteiger charge is 2.38. The fourth-order valence-electron chi connectivity index (χ4n) is 2.06. The van der Waals surface area contributed by atoms with Gasteiger partial charge in [-0.2, -0.15) is 5.26 Å². The normalized spacial score (nSPS) is 25.3. The van der Waals surface area contributed by atoms with Crippen molar-refractivity contribution in [2.75, 3.05) is 13.1 Å². The van der Waals surface area contributed by atoms with Crippen molar-refractivity contribution in [3.63, 3.8) is 0 Å². The number of nitrogens with zero attached hydrogens (tertiary/aromatic N) is 2. The predicted octanol–water partition coefficient (Wildman–Crippen LogP) is 1.53. The summed E-state index contributed by atoms with van der Waals surface area (Å²) in [7, 11) is 0. The van der Waals surface area contributed by atoms with E-state index < -0.39 is 0 Å². The summed E-state index contributed by atoms with van der Waals surface area (Å²) in [6.07, 6.45) is 0.238. The van der Waals surface area contributed by atoms with Gasteiger partial charge in [-0.3, -0.25) is 4.79 Å². The lowest BCUT2D eigenvalue weighted by Crippen LogP contribution is -2.52. The quantitative estimate of drug-likeness (QED) is 0.752. The number of hydrogen-bond acceptors (Lipinski definition) is 3. The molecule has 1 unspecified atom stereocenters. The second kappa shape index (κ2) is 4.66. The van der Waals surface area contributed by atoms with Crippen LogP contribution in [-0.4, -0.2) is 35.5 Å². The lowest BCUT2D eigenvalue weighted by Gasteiger charge is -2.39. The van der Waals surface area contributed by atoms with E-state index >= 15 is 0 Å². The smallest absolute Gasteiger partial charge is 0.241 e. The van der Waals surface area contributed by atoms with E-state index in [4.69, 9.17) is 5.26 Å². The van der Waals surface area contributed by atoms with Crippen molar-refractivity contribution in [2.24, 2.45) is 5.41 Å². The molecule has 1 aliphatic heterocycles. The Hall–Kier alpha value is -1.08. The first-order chi connectivity index (χ1) is 7.67. The molecule has 1 aliphatic rings. The number of carbonyl (C=O) groups excluding carboxylic acids is 1. The van der Waals surface area contributed by atoms with Gasteiger partial charge in [0, 0.05) is 18.6 Å². The minimum atomic E-state index is -0.360. The highest BCUT2D eigenvalue weighted by atomic mass is 16.2. The first-order valence-electron chi connectivity index (χ1n) is 6.09. The van der Waals surface area contributed by atoms with E-state index in [2.05, 4.69) is 25.2 Å². The Morgan fingerprint density at radius 1 is 1.53 bits per heavy atom. The maximum atomic E-state index is 12.4. The van der Waals surface area contributed by atoms with Gasteiger partial charge in [0.1, 0.15) is 0 Å². The van der Waals surface area contributed by atoms with Gasteiger partial charge >= 0.3 is 0 Å². The fourth-order valence-corrected chi connectivity index (χ4v) is 2.06. The first kappa shape index (κ1) is 14.0. The highest BCUT2D eigenvalue weighted by Crippen LogP contribution is 2.26. The standard InChI is InChI=1S/C13H23N3O/c1-12(2,3)16-9-13(4,5)8-15-10(6-7-14)11(16)17/h10,15H,6,8-9H2,1-5H3. The van der Waals surface area contributed by atoms with E-state index in [1.807, 2.05) is 25.7 Å². The van der Waals surface area contributed by atoms with Gasteiger partial charge in [-0.05, 0) is 26.2 Å². The third-order valence-electron chi connectivity index (χ3n) is 3.08. The van der Waals surface area contributed by atoms with Crippen molar-refractivity contribution < 1.29 is 4.79 Å². The van der Waals surface area contributed by atoms with Crippen LogP contribution in [0.4, 0.5) is 0 Å². The Bertz CT molecular complexity index is 336. The monoisotopic (exact) mass is 237 g/mol. The Morgan fingerprint density at radius 2 is 2.12 bits per heavy atom. The van der Waals surface area contributed by atoms with Gasteiger partial charge in [0.05, 0.1) is 18.5 Å². The number of nitrogens with one attached hydrogen (secondary N) is 1. The third kappa shape index (κ3) is 3.44. The van der Waals surface area contributed by atoms with Crippen molar-refractivity contribution in [2.45, 2.75) is 52.6 Å². The molecule has 1 fully saturated rings. The number of nitriles is 1. The van der Waals surface area contributed by atoms with Crippen molar-refractivity contribution in [3.05, 3.63) is 0 Å². The second-order valence-corrected chi connectivity index (χ2v) is 6.56. The van der Waals surface area contributed by atoms with Crippen LogP contribution < -0.4 is 5.32 Å². The summed E-state index contributed by atoms with van der Waals surface area (Å²) in [5.74, 6) is 0.0459. The van der Waals surface area contributed by atoms with Crippen LogP contribution >= 0.6 is 0 Å². The van der Waals surface area contributed by atoms with Crippen molar-refractivity contribution in [1.29, 1.82) is 5.26 Å². The Labute approximate surface area is 104 Å². The zero-order valence-corrected chi connectivity index (χ0v) is 11.5. The van der Waals surface area contributed by atoms with Crippen LogP contribution in [0.25, 0.3) is 0 Å². The number of carbonyl (C=O) groups is 1. The van der Waals surface area contributed by atoms with Crippen LogP contribution in [0.1, 0.15) is 41.0 Å². The molecule has 1 N–H and O–H groups in total. The maximum absolute atomic E-state index is 12.4. The molecular weight excluding hydrogens is 214 g/mol. The van der Waals surface area contributed by atoms with Crippen LogP contribution in [0.5, 0.6) is 0 Å². The Kier molecular flexibility index (Phi) is 3.83. The van der Waals surface area contributed by atoms with Gasteiger partial charge in [0.25, 0.3) is 0 Å². The molecule has 0 bridgehead atoms. The molecule has 0 aromatic rings. The molecule has 1 rings (SSSR count). The highest BCUT2D eigenvalue weighted by molar-refractivity contribution is 5.83. The van der Waals surface area contributed by atoms with Crippen LogP contribution in [0.3, 0.4) is 0 Å². The zero-order chi connectivity index (χ0) is 13.3. The molecule has 0 radical (unpaired) electrons. The summed E-state index contributed by atoms with van der Waals surface area (Å²) in [5, 5.41) is 12.0. The van der Waals surface area contributed by atoms with Crippen LogP contribution in [0.15, 0.2) is 0 Å². The molecule has 96 valence electrons. The van der Waals surface area contributed by atoms with Crippen molar-refractivity contribution in [3.8, 4) is 6.07 Å². The number of amides is 1. The SMILES string of the molecule is CC1(C)CNC(CC#N)C(=O)N(C(C)(C)C)C1. The molecule has 0 saturated carbocycles. The molecule has 1 saturated heterocycles. The van der Waals surface area contributed by atoms with E-state index in [1.165, 1.54) is 0 Å². The van der Waals surface area contributed by atoms with Crippen molar-refractivity contribution >= 4 is 5.91 Å². The fraction of sp³-hybridized carbons (Fsp3) is 0.846. The summed E-state index contributed by atoms with van der Waals surface area (Å²) in [6.45, 7) is 11.9. The number of rotatable bonds is 1. The van der Waals surface area contributed by atoms with E-state index in [0.29, 0.717) is 0 Å². The zero-order valence-electron chi connectivity index (χ0n) is 11.5. The molecule has 17 heavy (non-hydrogen) atoms. The maximum Gasteiger partial charge on any atom is 0.241 e. The van der Waals surface area contributed by atoms with Gasteiger partial charge in [0.15, 0.2) is 0 Å². The average Bonchev–Trinajstić information content (AvgIpc) is 2.28. The first-order valence-corrected chi connectivity index (χ1v) is 6.09. The Balaban J connectivity index is 3.00. The van der Waals surface area contributed by atoms with E-state index in [9.17, 15) is 4.79 Å². The molecule has 1 heterocycles. The topological polar surface area (TPSA) is 56.1 Å². The van der Waals surface area contributed by atoms with Gasteiger partial charge < -0.3 is 10.2 Å². The molecule has 0 spiro atoms. The van der Waals surface area contributed by atoms with Gasteiger partial charge in [-0.25, -0.2) is 0 Å². The van der Waals surface area contributed by atoms with Crippen LogP contribution in [0, 0.1) is 16.7 Å². The molecule has 1 amide bonds. The summed E-state index contributed by atoms with van der Waals surface area (Å²) < 4.78 is 0. The van der Waals surface area contributed by atoms with Gasteiger partial charge in [-0.1, -0.05) is 13.8 Å². The van der Waals surface area contributed by atoms with Crippen LogP contribution in [-0.2, 0) is 4.79 Å². The Morgan fingerprint density at radius 3 is 2.59 bits per heavy atom. The summed E-state index contributed by atoms with van der Waals surface area (Å²) in [4.78, 5) is 14.3. The molecular formula is C13H23N3O. The second-order valence-electron chi connectivity index (χ2n) is 6.56.